The molecule has 0 N–H and O–H groups in total. The number of hydrogen-bond acceptors (Lipinski definition) is 4. The van der Waals surface area contributed by atoms with E-state index in [0.29, 0.717) is 5.92 Å². The van der Waals surface area contributed by atoms with Gasteiger partial charge in [0.2, 0.25) is 0 Å². The van der Waals surface area contributed by atoms with E-state index in [-0.39, 0.29) is 5.91 Å². The summed E-state index contributed by atoms with van der Waals surface area (Å²) in [6.45, 7) is 7.68. The van der Waals surface area contributed by atoms with E-state index in [4.69, 9.17) is 9.59 Å². The minimum Gasteiger partial charge on any atom is -0.336 e. The summed E-state index contributed by atoms with van der Waals surface area (Å²) in [5.74, 6) is 0.864. The Bertz CT molecular complexity index is 817. The van der Waals surface area contributed by atoms with E-state index in [1.807, 2.05) is 30.6 Å². The topological polar surface area (TPSA) is 57.7 Å². The summed E-state index contributed by atoms with van der Waals surface area (Å²) >= 11 is 0. The number of halogens is 3. The van der Waals surface area contributed by atoms with Crippen molar-refractivity contribution in [2.24, 2.45) is 0 Å². The fourth-order valence-corrected chi connectivity index (χ4v) is 3.25. The second-order valence-corrected chi connectivity index (χ2v) is 7.32. The SMILES string of the molecule is C=O.C=O.CN1CCN(C(=O)c2ccccc2C2CC2)CC1.FC(F)(F)c1ccccc1. The van der Waals surface area contributed by atoms with Crippen LogP contribution in [0.3, 0.4) is 0 Å². The lowest BCUT2D eigenvalue weighted by molar-refractivity contribution is -0.137. The number of carbonyl (C=O) groups excluding carboxylic acids is 3. The number of piperazine rings is 1. The fraction of sp³-hybridized carbons (Fsp3) is 0.375. The first-order chi connectivity index (χ1) is 15.4. The number of nitrogens with zero attached hydrogens (tertiary/aromatic N) is 2. The minimum absolute atomic E-state index is 0.227. The lowest BCUT2D eigenvalue weighted by atomic mass is 10.0. The van der Waals surface area contributed by atoms with Gasteiger partial charge in [0.05, 0.1) is 5.56 Å². The molecule has 32 heavy (non-hydrogen) atoms. The van der Waals surface area contributed by atoms with E-state index >= 15 is 0 Å². The molecule has 1 saturated heterocycles. The molecule has 8 heteroatoms. The lowest BCUT2D eigenvalue weighted by Crippen LogP contribution is -2.47. The zero-order chi connectivity index (χ0) is 24.1. The number of benzene rings is 2. The van der Waals surface area contributed by atoms with Crippen molar-refractivity contribution in [3.8, 4) is 0 Å². The van der Waals surface area contributed by atoms with E-state index < -0.39 is 11.7 Å². The number of rotatable bonds is 2. The molecule has 1 aliphatic carbocycles. The van der Waals surface area contributed by atoms with Gasteiger partial charge in [-0.3, -0.25) is 4.79 Å². The molecule has 2 fully saturated rings. The summed E-state index contributed by atoms with van der Waals surface area (Å²) in [5, 5.41) is 0. The van der Waals surface area contributed by atoms with Crippen LogP contribution >= 0.6 is 0 Å². The Hall–Kier alpha value is -3.00. The van der Waals surface area contributed by atoms with Gasteiger partial charge in [0.25, 0.3) is 5.91 Å². The van der Waals surface area contributed by atoms with Crippen LogP contribution in [0, 0.1) is 0 Å². The molecule has 1 saturated carbocycles. The highest BCUT2D eigenvalue weighted by Gasteiger charge is 2.30. The van der Waals surface area contributed by atoms with Crippen LogP contribution in [0.25, 0.3) is 0 Å². The van der Waals surface area contributed by atoms with Gasteiger partial charge < -0.3 is 19.4 Å². The van der Waals surface area contributed by atoms with Crippen LogP contribution in [-0.4, -0.2) is 62.5 Å². The van der Waals surface area contributed by atoms with Crippen LogP contribution in [0.4, 0.5) is 13.2 Å². The first kappa shape index (κ1) is 27.0. The molecule has 0 atom stereocenters. The van der Waals surface area contributed by atoms with Crippen LogP contribution in [0.1, 0.15) is 40.2 Å². The quantitative estimate of drug-likeness (QED) is 0.685. The second-order valence-electron chi connectivity index (χ2n) is 7.32. The lowest BCUT2D eigenvalue weighted by Gasteiger charge is -2.32. The van der Waals surface area contributed by atoms with Gasteiger partial charge in [-0.15, -0.1) is 0 Å². The van der Waals surface area contributed by atoms with E-state index in [9.17, 15) is 18.0 Å². The van der Waals surface area contributed by atoms with Crippen molar-refractivity contribution < 1.29 is 27.6 Å². The van der Waals surface area contributed by atoms with Gasteiger partial charge in [-0.1, -0.05) is 48.5 Å². The Labute approximate surface area is 186 Å². The average molecular weight is 451 g/mol. The molecule has 1 aliphatic heterocycles. The zero-order valence-corrected chi connectivity index (χ0v) is 18.2. The standard InChI is InChI=1S/C15H20N2O.C7H5F3.2CH2O/c1-16-8-10-17(11-9-16)15(18)14-5-3-2-4-13(14)12-6-7-12;8-7(9,10)6-4-2-1-3-5-6;2*1-2/h2-5,12H,6-11H2,1H3;1-5H;2*1H2. The monoisotopic (exact) mass is 450 g/mol. The molecular formula is C24H29F3N2O3. The average Bonchev–Trinajstić information content (AvgIpc) is 3.68. The van der Waals surface area contributed by atoms with E-state index in [1.54, 1.807) is 6.07 Å². The van der Waals surface area contributed by atoms with Crippen molar-refractivity contribution in [1.82, 2.24) is 9.80 Å². The Balaban J connectivity index is 0.000000312. The van der Waals surface area contributed by atoms with Crippen molar-refractivity contribution >= 4 is 19.5 Å². The minimum atomic E-state index is -4.21. The Morgan fingerprint density at radius 3 is 1.81 bits per heavy atom. The number of likely N-dealkylation sites (N-methyl/N-ethyl adjacent to an activating group) is 1. The highest BCUT2D eigenvalue weighted by Crippen LogP contribution is 2.41. The molecule has 1 amide bonds. The van der Waals surface area contributed by atoms with Gasteiger partial charge in [0, 0.05) is 31.7 Å². The van der Waals surface area contributed by atoms with Gasteiger partial charge in [-0.05, 0) is 37.4 Å². The summed E-state index contributed by atoms with van der Waals surface area (Å²) in [5.41, 5.74) is 1.60. The summed E-state index contributed by atoms with van der Waals surface area (Å²) < 4.78 is 35.4. The first-order valence-electron chi connectivity index (χ1n) is 10.1. The largest absolute Gasteiger partial charge is 0.416 e. The molecular weight excluding hydrogens is 421 g/mol. The van der Waals surface area contributed by atoms with Crippen LogP contribution in [0.5, 0.6) is 0 Å². The molecule has 1 heterocycles. The van der Waals surface area contributed by atoms with Crippen LogP contribution in [-0.2, 0) is 15.8 Å². The fourth-order valence-electron chi connectivity index (χ4n) is 3.25. The Morgan fingerprint density at radius 2 is 1.34 bits per heavy atom. The van der Waals surface area contributed by atoms with Crippen molar-refractivity contribution in [2.45, 2.75) is 24.9 Å². The molecule has 5 nitrogen and oxygen atoms in total. The highest BCUT2D eigenvalue weighted by molar-refractivity contribution is 5.96. The Morgan fingerprint density at radius 1 is 0.844 bits per heavy atom. The number of hydrogen-bond donors (Lipinski definition) is 0. The van der Waals surface area contributed by atoms with Gasteiger partial charge in [-0.2, -0.15) is 13.2 Å². The molecule has 0 radical (unpaired) electrons. The smallest absolute Gasteiger partial charge is 0.336 e. The third-order valence-electron chi connectivity index (χ3n) is 5.10. The summed E-state index contributed by atoms with van der Waals surface area (Å²) in [7, 11) is 2.11. The number of amides is 1. The molecule has 174 valence electrons. The first-order valence-corrected chi connectivity index (χ1v) is 10.1. The van der Waals surface area contributed by atoms with Crippen molar-refractivity contribution in [3.63, 3.8) is 0 Å². The van der Waals surface area contributed by atoms with E-state index in [1.165, 1.54) is 30.5 Å². The predicted octanol–water partition coefficient (Wildman–Crippen LogP) is 4.29. The van der Waals surface area contributed by atoms with Gasteiger partial charge >= 0.3 is 6.18 Å². The Kier molecular flexibility index (Phi) is 11.3. The maximum atomic E-state index is 12.6. The molecule has 2 aliphatic rings. The molecule has 0 unspecified atom stereocenters. The summed E-state index contributed by atoms with van der Waals surface area (Å²) in [4.78, 5) is 32.8. The van der Waals surface area contributed by atoms with Crippen LogP contribution < -0.4 is 0 Å². The van der Waals surface area contributed by atoms with Crippen molar-refractivity contribution in [1.29, 1.82) is 0 Å². The molecule has 0 bridgehead atoms. The second kappa shape index (κ2) is 13.4. The predicted molar refractivity (Wildman–Crippen MR) is 118 cm³/mol. The number of carbonyl (C=O) groups is 3. The maximum absolute atomic E-state index is 12.6. The third-order valence-corrected chi connectivity index (χ3v) is 5.10. The van der Waals surface area contributed by atoms with Crippen molar-refractivity contribution in [3.05, 3.63) is 71.3 Å². The highest BCUT2D eigenvalue weighted by atomic mass is 19.4. The van der Waals surface area contributed by atoms with Gasteiger partial charge in [0.15, 0.2) is 0 Å². The third kappa shape index (κ3) is 8.26. The normalized spacial score (nSPS) is 15.7. The maximum Gasteiger partial charge on any atom is 0.416 e. The molecule has 2 aromatic carbocycles. The number of alkyl halides is 3. The summed E-state index contributed by atoms with van der Waals surface area (Å²) in [6.07, 6.45) is -1.72. The van der Waals surface area contributed by atoms with E-state index in [0.717, 1.165) is 43.9 Å². The molecule has 4 rings (SSSR count). The summed E-state index contributed by atoms with van der Waals surface area (Å²) in [6, 6.07) is 14.5. The van der Waals surface area contributed by atoms with Gasteiger partial charge in [-0.25, -0.2) is 0 Å². The van der Waals surface area contributed by atoms with Gasteiger partial charge in [0.1, 0.15) is 13.6 Å². The zero-order valence-electron chi connectivity index (χ0n) is 18.2. The van der Waals surface area contributed by atoms with E-state index in [2.05, 4.69) is 24.1 Å². The molecule has 2 aromatic rings. The van der Waals surface area contributed by atoms with Crippen molar-refractivity contribution in [2.75, 3.05) is 33.2 Å². The van der Waals surface area contributed by atoms with Crippen LogP contribution in [0.2, 0.25) is 0 Å². The van der Waals surface area contributed by atoms with Crippen LogP contribution in [0.15, 0.2) is 54.6 Å². The molecule has 0 aromatic heterocycles. The molecule has 0 spiro atoms.